The highest BCUT2D eigenvalue weighted by atomic mass is 14.9. The van der Waals surface area contributed by atoms with E-state index >= 15 is 0 Å². The maximum Gasteiger partial charge on any atom is 0.0381 e. The third-order valence-corrected chi connectivity index (χ3v) is 1.94. The van der Waals surface area contributed by atoms with Gasteiger partial charge in [0.05, 0.1) is 0 Å². The minimum Gasteiger partial charge on any atom is -0.360 e. The van der Waals surface area contributed by atoms with Crippen molar-refractivity contribution in [3.63, 3.8) is 0 Å². The molecular weight excluding hydrogens is 158 g/mol. The first-order valence-corrected chi connectivity index (χ1v) is 4.62. The van der Waals surface area contributed by atoms with Gasteiger partial charge in [-0.2, -0.15) is 0 Å². The summed E-state index contributed by atoms with van der Waals surface area (Å²) in [5.74, 6) is 0.596. The van der Waals surface area contributed by atoms with E-state index in [4.69, 9.17) is 0 Å². The maximum atomic E-state index is 3.80. The van der Waals surface area contributed by atoms with Crippen molar-refractivity contribution in [3.05, 3.63) is 42.1 Å². The van der Waals surface area contributed by atoms with E-state index in [0.29, 0.717) is 5.92 Å². The molecule has 70 valence electrons. The fraction of sp³-hybridized carbons (Fsp3) is 0.333. The maximum absolute atomic E-state index is 3.80. The van der Waals surface area contributed by atoms with Crippen molar-refractivity contribution in [2.45, 2.75) is 26.7 Å². The molecule has 1 heteroatoms. The molecule has 1 nitrogen and oxygen atoms in total. The SMILES string of the molecule is C=C(C)Nc1ccc(C(C)C)cc1. The quantitative estimate of drug-likeness (QED) is 0.737. The number of allylic oxidation sites excluding steroid dienone is 1. The lowest BCUT2D eigenvalue weighted by Crippen LogP contribution is -1.94. The zero-order valence-corrected chi connectivity index (χ0v) is 8.59. The van der Waals surface area contributed by atoms with Gasteiger partial charge in [-0.05, 0) is 30.5 Å². The Kier molecular flexibility index (Phi) is 3.13. The second-order valence-electron chi connectivity index (χ2n) is 3.68. The monoisotopic (exact) mass is 175 g/mol. The molecule has 1 aromatic carbocycles. The van der Waals surface area contributed by atoms with Gasteiger partial charge in [-0.3, -0.25) is 0 Å². The van der Waals surface area contributed by atoms with Crippen molar-refractivity contribution < 1.29 is 0 Å². The lowest BCUT2D eigenvalue weighted by molar-refractivity contribution is 0.867. The van der Waals surface area contributed by atoms with E-state index in [1.807, 2.05) is 6.92 Å². The summed E-state index contributed by atoms with van der Waals surface area (Å²) in [6.45, 7) is 10.1. The van der Waals surface area contributed by atoms with Crippen molar-refractivity contribution in [2.75, 3.05) is 5.32 Å². The Balaban J connectivity index is 2.75. The number of rotatable bonds is 3. The average Bonchev–Trinajstić information content (AvgIpc) is 2.04. The largest absolute Gasteiger partial charge is 0.360 e. The first-order valence-electron chi connectivity index (χ1n) is 4.62. The van der Waals surface area contributed by atoms with E-state index in [-0.39, 0.29) is 0 Å². The van der Waals surface area contributed by atoms with Gasteiger partial charge in [-0.1, -0.05) is 32.6 Å². The first-order chi connectivity index (χ1) is 6.09. The van der Waals surface area contributed by atoms with Crippen LogP contribution in [0.15, 0.2) is 36.5 Å². The summed E-state index contributed by atoms with van der Waals surface area (Å²) in [7, 11) is 0. The predicted octanol–water partition coefficient (Wildman–Crippen LogP) is 3.76. The molecular formula is C12H17N. The third kappa shape index (κ3) is 2.94. The summed E-state index contributed by atoms with van der Waals surface area (Å²) in [5.41, 5.74) is 3.45. The van der Waals surface area contributed by atoms with Crippen molar-refractivity contribution in [3.8, 4) is 0 Å². The zero-order valence-electron chi connectivity index (χ0n) is 8.59. The van der Waals surface area contributed by atoms with Gasteiger partial charge < -0.3 is 5.32 Å². The molecule has 0 heterocycles. The topological polar surface area (TPSA) is 12.0 Å². The molecule has 13 heavy (non-hydrogen) atoms. The zero-order chi connectivity index (χ0) is 9.84. The molecule has 0 atom stereocenters. The Bertz CT molecular complexity index is 282. The van der Waals surface area contributed by atoms with Crippen LogP contribution in [0.1, 0.15) is 32.3 Å². The van der Waals surface area contributed by atoms with Crippen LogP contribution in [0.25, 0.3) is 0 Å². The van der Waals surface area contributed by atoms with E-state index in [1.54, 1.807) is 0 Å². The molecule has 0 saturated heterocycles. The highest BCUT2D eigenvalue weighted by Crippen LogP contribution is 2.17. The Labute approximate surface area is 80.5 Å². The van der Waals surface area contributed by atoms with Gasteiger partial charge in [-0.25, -0.2) is 0 Å². The van der Waals surface area contributed by atoms with Crippen molar-refractivity contribution in [1.29, 1.82) is 0 Å². The fourth-order valence-corrected chi connectivity index (χ4v) is 1.20. The molecule has 0 radical (unpaired) electrons. The molecule has 0 bridgehead atoms. The van der Waals surface area contributed by atoms with Gasteiger partial charge in [-0.15, -0.1) is 0 Å². The number of hydrogen-bond acceptors (Lipinski definition) is 1. The summed E-state index contributed by atoms with van der Waals surface area (Å²) in [6, 6.07) is 8.47. The number of hydrogen-bond donors (Lipinski definition) is 1. The molecule has 0 aliphatic carbocycles. The number of benzene rings is 1. The van der Waals surface area contributed by atoms with Gasteiger partial charge >= 0.3 is 0 Å². The van der Waals surface area contributed by atoms with Gasteiger partial charge in [0.15, 0.2) is 0 Å². The van der Waals surface area contributed by atoms with Crippen molar-refractivity contribution in [1.82, 2.24) is 0 Å². The molecule has 0 spiro atoms. The second-order valence-corrected chi connectivity index (χ2v) is 3.68. The highest BCUT2D eigenvalue weighted by Gasteiger charge is 1.97. The predicted molar refractivity (Wildman–Crippen MR) is 59.0 cm³/mol. The van der Waals surface area contributed by atoms with Crippen molar-refractivity contribution in [2.24, 2.45) is 0 Å². The lowest BCUT2D eigenvalue weighted by atomic mass is 10.0. The van der Waals surface area contributed by atoms with Crippen LogP contribution >= 0.6 is 0 Å². The van der Waals surface area contributed by atoms with Crippen LogP contribution in [0.4, 0.5) is 5.69 Å². The standard InChI is InChI=1S/C12H17N/c1-9(2)11-5-7-12(8-6-11)13-10(3)4/h5-9,13H,3H2,1-2,4H3. The highest BCUT2D eigenvalue weighted by molar-refractivity contribution is 5.48. The molecule has 0 aliphatic heterocycles. The molecule has 0 aromatic heterocycles. The van der Waals surface area contributed by atoms with Crippen LogP contribution in [0.5, 0.6) is 0 Å². The van der Waals surface area contributed by atoms with E-state index in [0.717, 1.165) is 11.4 Å². The third-order valence-electron chi connectivity index (χ3n) is 1.94. The number of anilines is 1. The molecule has 1 aromatic rings. The minimum absolute atomic E-state index is 0.596. The summed E-state index contributed by atoms with van der Waals surface area (Å²) in [4.78, 5) is 0. The fourth-order valence-electron chi connectivity index (χ4n) is 1.20. The van der Waals surface area contributed by atoms with E-state index < -0.39 is 0 Å². The lowest BCUT2D eigenvalue weighted by Gasteiger charge is -2.08. The van der Waals surface area contributed by atoms with Crippen LogP contribution in [0.3, 0.4) is 0 Å². The molecule has 0 amide bonds. The normalized spacial score (nSPS) is 10.2. The van der Waals surface area contributed by atoms with E-state index in [2.05, 4.69) is 50.0 Å². The Morgan fingerprint density at radius 2 is 1.77 bits per heavy atom. The smallest absolute Gasteiger partial charge is 0.0381 e. The van der Waals surface area contributed by atoms with E-state index in [1.165, 1.54) is 5.56 Å². The van der Waals surface area contributed by atoms with Crippen LogP contribution in [0, 0.1) is 0 Å². The Hall–Kier alpha value is -1.24. The van der Waals surface area contributed by atoms with Gasteiger partial charge in [0.1, 0.15) is 0 Å². The van der Waals surface area contributed by atoms with Crippen molar-refractivity contribution >= 4 is 5.69 Å². The Morgan fingerprint density at radius 3 is 2.15 bits per heavy atom. The van der Waals surface area contributed by atoms with Crippen LogP contribution in [0.2, 0.25) is 0 Å². The van der Waals surface area contributed by atoms with Crippen LogP contribution < -0.4 is 5.32 Å². The minimum atomic E-state index is 0.596. The summed E-state index contributed by atoms with van der Waals surface area (Å²) >= 11 is 0. The molecule has 0 unspecified atom stereocenters. The summed E-state index contributed by atoms with van der Waals surface area (Å²) in [6.07, 6.45) is 0. The van der Waals surface area contributed by atoms with E-state index in [9.17, 15) is 0 Å². The second kappa shape index (κ2) is 4.13. The molecule has 0 fully saturated rings. The van der Waals surface area contributed by atoms with Crippen LogP contribution in [-0.4, -0.2) is 0 Å². The molecule has 1 rings (SSSR count). The summed E-state index contributed by atoms with van der Waals surface area (Å²) in [5, 5.41) is 3.18. The van der Waals surface area contributed by atoms with Crippen LogP contribution in [-0.2, 0) is 0 Å². The molecule has 0 saturated carbocycles. The summed E-state index contributed by atoms with van der Waals surface area (Å²) < 4.78 is 0. The Morgan fingerprint density at radius 1 is 1.23 bits per heavy atom. The molecule has 0 aliphatic rings. The number of nitrogens with one attached hydrogen (secondary N) is 1. The van der Waals surface area contributed by atoms with Gasteiger partial charge in [0.25, 0.3) is 0 Å². The average molecular weight is 175 g/mol. The molecule has 1 N–H and O–H groups in total. The van der Waals surface area contributed by atoms with Gasteiger partial charge in [0.2, 0.25) is 0 Å². The van der Waals surface area contributed by atoms with Gasteiger partial charge in [0, 0.05) is 11.4 Å². The first kappa shape index (κ1) is 9.85.